The molecule has 0 unspecified atom stereocenters. The van der Waals surface area contributed by atoms with Gasteiger partial charge >= 0.3 is 0 Å². The predicted molar refractivity (Wildman–Crippen MR) is 86.4 cm³/mol. The fraction of sp³-hybridized carbons (Fsp3) is 0.882. The van der Waals surface area contributed by atoms with Crippen LogP contribution in [0.3, 0.4) is 0 Å². The van der Waals surface area contributed by atoms with Gasteiger partial charge in [0.25, 0.3) is 0 Å². The van der Waals surface area contributed by atoms with Gasteiger partial charge in [-0.3, -0.25) is 0 Å². The molecule has 0 aromatic heterocycles. The Morgan fingerprint density at radius 2 is 1.37 bits per heavy atom. The van der Waals surface area contributed by atoms with Gasteiger partial charge in [-0.05, 0) is 11.3 Å². The molecular formula is C17H29BrO. The van der Waals surface area contributed by atoms with Crippen LogP contribution in [0.2, 0.25) is 0 Å². The summed E-state index contributed by atoms with van der Waals surface area (Å²) in [5.74, 6) is 3.00. The Hall–Kier alpha value is 0. The molecule has 0 amide bonds. The summed E-state index contributed by atoms with van der Waals surface area (Å²) in [6.07, 6.45) is 17.3. The number of epoxide rings is 1. The topological polar surface area (TPSA) is 12.5 Å². The van der Waals surface area contributed by atoms with Crippen LogP contribution >= 0.6 is 15.9 Å². The van der Waals surface area contributed by atoms with Crippen LogP contribution in [0.25, 0.3) is 0 Å². The molecule has 0 aliphatic carbocycles. The van der Waals surface area contributed by atoms with Crippen LogP contribution in [0.15, 0.2) is 0 Å². The molecule has 19 heavy (non-hydrogen) atoms. The van der Waals surface area contributed by atoms with Crippen LogP contribution in [0, 0.1) is 10.8 Å². The fourth-order valence-corrected chi connectivity index (χ4v) is 2.78. The maximum atomic E-state index is 5.45. The first-order chi connectivity index (χ1) is 9.38. The smallest absolute Gasteiger partial charge is 0.145 e. The van der Waals surface area contributed by atoms with Gasteiger partial charge in [0, 0.05) is 15.9 Å². The molecule has 0 bridgehead atoms. The van der Waals surface area contributed by atoms with Gasteiger partial charge in [0.2, 0.25) is 0 Å². The first kappa shape index (κ1) is 17.1. The van der Waals surface area contributed by atoms with E-state index in [0.29, 0.717) is 6.10 Å². The molecule has 1 heterocycles. The molecule has 2 heteroatoms. The van der Waals surface area contributed by atoms with E-state index in [1.165, 1.54) is 77.0 Å². The van der Waals surface area contributed by atoms with E-state index < -0.39 is 0 Å². The summed E-state index contributed by atoms with van der Waals surface area (Å²) in [6.45, 7) is 2.28. The van der Waals surface area contributed by atoms with Crippen molar-refractivity contribution in [1.29, 1.82) is 0 Å². The Bertz CT molecular complexity index is 266. The van der Waals surface area contributed by atoms with E-state index in [1.54, 1.807) is 0 Å². The third-order valence-corrected chi connectivity index (χ3v) is 4.10. The van der Waals surface area contributed by atoms with E-state index in [9.17, 15) is 0 Å². The summed E-state index contributed by atoms with van der Waals surface area (Å²) >= 11 is 3.11. The third kappa shape index (κ3) is 9.52. The minimum absolute atomic E-state index is 0.225. The maximum absolute atomic E-state index is 5.45. The monoisotopic (exact) mass is 328 g/mol. The van der Waals surface area contributed by atoms with Crippen molar-refractivity contribution in [2.75, 3.05) is 0 Å². The Kier molecular flexibility index (Phi) is 10.6. The molecule has 1 aliphatic rings. The molecule has 0 aromatic rings. The van der Waals surface area contributed by atoms with Crippen LogP contribution in [0.4, 0.5) is 0 Å². The fourth-order valence-electron chi connectivity index (χ4n) is 2.55. The molecule has 1 fully saturated rings. The van der Waals surface area contributed by atoms with Crippen molar-refractivity contribution in [1.82, 2.24) is 0 Å². The number of unbranched alkanes of at least 4 members (excludes halogenated alkanes) is 10. The van der Waals surface area contributed by atoms with E-state index in [4.69, 9.17) is 4.74 Å². The Balaban J connectivity index is 1.71. The average molecular weight is 329 g/mol. The molecule has 0 radical (unpaired) electrons. The van der Waals surface area contributed by atoms with E-state index in [1.807, 2.05) is 0 Å². The summed E-state index contributed by atoms with van der Waals surface area (Å²) in [4.78, 5) is 2.74. The highest BCUT2D eigenvalue weighted by Crippen LogP contribution is 2.27. The lowest BCUT2D eigenvalue weighted by atomic mass is 10.0. The van der Waals surface area contributed by atoms with Crippen molar-refractivity contribution in [3.8, 4) is 10.8 Å². The molecule has 1 nitrogen and oxygen atoms in total. The zero-order chi connectivity index (χ0) is 13.8. The van der Waals surface area contributed by atoms with Crippen LogP contribution in [0.1, 0.15) is 84.0 Å². The van der Waals surface area contributed by atoms with Crippen molar-refractivity contribution in [2.45, 2.75) is 96.2 Å². The molecule has 0 saturated carbocycles. The van der Waals surface area contributed by atoms with Crippen molar-refractivity contribution in [2.24, 2.45) is 0 Å². The van der Waals surface area contributed by atoms with Crippen molar-refractivity contribution < 1.29 is 4.74 Å². The maximum Gasteiger partial charge on any atom is 0.145 e. The number of ether oxygens (including phenoxy) is 1. The largest absolute Gasteiger partial charge is 0.356 e. The SMILES string of the molecule is CCCCCCCCCCCCC[C@@H]1O[C@H]1C#CBr. The van der Waals surface area contributed by atoms with E-state index >= 15 is 0 Å². The molecule has 0 N–H and O–H groups in total. The quantitative estimate of drug-likeness (QED) is 0.250. The Morgan fingerprint density at radius 1 is 0.842 bits per heavy atom. The van der Waals surface area contributed by atoms with Crippen molar-refractivity contribution >= 4 is 15.9 Å². The van der Waals surface area contributed by atoms with Gasteiger partial charge in [-0.1, -0.05) is 83.5 Å². The summed E-state index contributed by atoms with van der Waals surface area (Å²) in [6, 6.07) is 0. The second kappa shape index (κ2) is 11.8. The highest BCUT2D eigenvalue weighted by Gasteiger charge is 2.36. The summed E-state index contributed by atoms with van der Waals surface area (Å²) in [7, 11) is 0. The van der Waals surface area contributed by atoms with Crippen LogP contribution in [0.5, 0.6) is 0 Å². The van der Waals surface area contributed by atoms with Crippen molar-refractivity contribution in [3.05, 3.63) is 0 Å². The van der Waals surface area contributed by atoms with Gasteiger partial charge in [-0.2, -0.15) is 0 Å². The zero-order valence-electron chi connectivity index (χ0n) is 12.4. The first-order valence-corrected chi connectivity index (χ1v) is 8.94. The lowest BCUT2D eigenvalue weighted by molar-refractivity contribution is 0.374. The number of hydrogen-bond donors (Lipinski definition) is 0. The normalized spacial score (nSPS) is 20.9. The van der Waals surface area contributed by atoms with E-state index in [-0.39, 0.29) is 6.10 Å². The molecule has 1 saturated heterocycles. The van der Waals surface area contributed by atoms with Gasteiger partial charge in [0.1, 0.15) is 6.10 Å². The molecule has 110 valence electrons. The average Bonchev–Trinajstić information content (AvgIpc) is 3.15. The minimum atomic E-state index is 0.225. The van der Waals surface area contributed by atoms with E-state index in [2.05, 4.69) is 33.6 Å². The van der Waals surface area contributed by atoms with Crippen LogP contribution < -0.4 is 0 Å². The zero-order valence-corrected chi connectivity index (χ0v) is 14.0. The Morgan fingerprint density at radius 3 is 1.89 bits per heavy atom. The highest BCUT2D eigenvalue weighted by molar-refractivity contribution is 9.12. The summed E-state index contributed by atoms with van der Waals surface area (Å²) < 4.78 is 5.45. The molecule has 1 aliphatic heterocycles. The number of rotatable bonds is 12. The minimum Gasteiger partial charge on any atom is -0.356 e. The highest BCUT2D eigenvalue weighted by atomic mass is 79.9. The molecule has 1 rings (SSSR count). The summed E-state index contributed by atoms with van der Waals surface area (Å²) in [5.41, 5.74) is 0. The second-order valence-corrected chi connectivity index (χ2v) is 6.05. The molecular weight excluding hydrogens is 300 g/mol. The van der Waals surface area contributed by atoms with E-state index in [0.717, 1.165) is 0 Å². The number of halogens is 1. The van der Waals surface area contributed by atoms with Gasteiger partial charge in [-0.25, -0.2) is 0 Å². The van der Waals surface area contributed by atoms with Gasteiger partial charge < -0.3 is 4.74 Å². The lowest BCUT2D eigenvalue weighted by Crippen LogP contribution is -1.91. The predicted octanol–water partition coefficient (Wildman–Crippen LogP) is 5.81. The van der Waals surface area contributed by atoms with Gasteiger partial charge in [-0.15, -0.1) is 0 Å². The van der Waals surface area contributed by atoms with Crippen LogP contribution in [-0.4, -0.2) is 12.2 Å². The Labute approximate surface area is 128 Å². The molecule has 2 atom stereocenters. The van der Waals surface area contributed by atoms with Crippen molar-refractivity contribution in [3.63, 3.8) is 0 Å². The molecule has 0 aromatic carbocycles. The second-order valence-electron chi connectivity index (χ2n) is 5.66. The number of hydrogen-bond acceptors (Lipinski definition) is 1. The third-order valence-electron chi connectivity index (χ3n) is 3.87. The van der Waals surface area contributed by atoms with Crippen LogP contribution in [-0.2, 0) is 4.74 Å². The van der Waals surface area contributed by atoms with Gasteiger partial charge in [0.15, 0.2) is 0 Å². The first-order valence-electron chi connectivity index (χ1n) is 8.15. The van der Waals surface area contributed by atoms with Gasteiger partial charge in [0.05, 0.1) is 6.10 Å². The molecule has 0 spiro atoms. The lowest BCUT2D eigenvalue weighted by Gasteiger charge is -2.01. The summed E-state index contributed by atoms with van der Waals surface area (Å²) in [5, 5.41) is 0. The standard InChI is InChI=1S/C17H29BrO/c1-2-3-4-5-6-7-8-9-10-11-12-13-16-17(19-16)14-15-18/h16-17H,2-13H2,1H3/t16-,17-/m0/s1.